The van der Waals surface area contributed by atoms with Gasteiger partial charge in [0.1, 0.15) is 6.54 Å². The Morgan fingerprint density at radius 1 is 0.861 bits per heavy atom. The molecule has 2 aromatic rings. The molecule has 0 aliphatic heterocycles. The molecule has 0 saturated heterocycles. The number of carbonyl (C=O) groups is 1. The number of methoxy groups -OCH3 is 1. The van der Waals surface area contributed by atoms with E-state index in [1.807, 2.05) is 36.7 Å². The van der Waals surface area contributed by atoms with Gasteiger partial charge in [-0.1, -0.05) is 83.6 Å². The lowest BCUT2D eigenvalue weighted by atomic mass is 10.1. The summed E-state index contributed by atoms with van der Waals surface area (Å²) in [6, 6.07) is 9.51. The van der Waals surface area contributed by atoms with Gasteiger partial charge in [-0.25, -0.2) is 4.57 Å². The van der Waals surface area contributed by atoms with Crippen molar-refractivity contribution >= 4 is 5.91 Å². The first-order valence-electron chi connectivity index (χ1n) is 13.8. The van der Waals surface area contributed by atoms with Crippen LogP contribution in [0.1, 0.15) is 107 Å². The first-order chi connectivity index (χ1) is 17.2. The van der Waals surface area contributed by atoms with Crippen molar-refractivity contribution in [2.45, 2.75) is 104 Å². The van der Waals surface area contributed by atoms with E-state index in [-0.39, 0.29) is 29.9 Å². The lowest BCUT2D eigenvalue weighted by molar-refractivity contribution is -0.694. The van der Waals surface area contributed by atoms with E-state index in [0.717, 1.165) is 18.5 Å². The van der Waals surface area contributed by atoms with Crippen LogP contribution in [0.5, 0.6) is 11.5 Å². The number of pyridine rings is 1. The average molecular weight is 611 g/mol. The number of aromatic nitrogens is 1. The number of benzene rings is 1. The molecule has 5 nitrogen and oxygen atoms in total. The van der Waals surface area contributed by atoms with E-state index in [4.69, 9.17) is 9.47 Å². The Morgan fingerprint density at radius 2 is 1.50 bits per heavy atom. The van der Waals surface area contributed by atoms with Crippen molar-refractivity contribution in [3.63, 3.8) is 0 Å². The van der Waals surface area contributed by atoms with Gasteiger partial charge in [-0.2, -0.15) is 0 Å². The van der Waals surface area contributed by atoms with Gasteiger partial charge in [0.05, 0.1) is 19.3 Å². The fourth-order valence-corrected chi connectivity index (χ4v) is 4.30. The number of nitrogens with zero attached hydrogens (tertiary/aromatic N) is 1. The SMILES string of the molecule is CCCCCCCCCCCCCCOc1cccc(C(=O)NCc2ccc[n+](CC)c2)c1OC.[I-]. The highest BCUT2D eigenvalue weighted by atomic mass is 127. The molecule has 0 atom stereocenters. The molecule has 1 heterocycles. The molecule has 0 aliphatic rings. The molecule has 0 radical (unpaired) electrons. The number of amides is 1. The minimum atomic E-state index is -0.162. The zero-order chi connectivity index (χ0) is 25.1. The van der Waals surface area contributed by atoms with Crippen LogP contribution in [0, 0.1) is 0 Å². The van der Waals surface area contributed by atoms with E-state index in [1.165, 1.54) is 70.6 Å². The summed E-state index contributed by atoms with van der Waals surface area (Å²) >= 11 is 0. The summed E-state index contributed by atoms with van der Waals surface area (Å²) in [4.78, 5) is 12.8. The third-order valence-electron chi connectivity index (χ3n) is 6.42. The number of carbonyl (C=O) groups excluding carboxylic acids is 1. The van der Waals surface area contributed by atoms with Gasteiger partial charge in [0.15, 0.2) is 23.9 Å². The van der Waals surface area contributed by atoms with Gasteiger partial charge in [-0.3, -0.25) is 4.79 Å². The molecule has 1 amide bonds. The summed E-state index contributed by atoms with van der Waals surface area (Å²) in [5, 5.41) is 3.00. The Labute approximate surface area is 236 Å². The zero-order valence-electron chi connectivity index (χ0n) is 22.7. The second-order valence-electron chi connectivity index (χ2n) is 9.30. The van der Waals surface area contributed by atoms with Crippen LogP contribution in [0.25, 0.3) is 0 Å². The predicted octanol–water partition coefficient (Wildman–Crippen LogP) is 4.02. The topological polar surface area (TPSA) is 51.4 Å². The molecule has 1 aromatic carbocycles. The van der Waals surface area contributed by atoms with E-state index in [2.05, 4.69) is 23.7 Å². The first-order valence-corrected chi connectivity index (χ1v) is 13.8. The molecular formula is C30H47IN2O3. The van der Waals surface area contributed by atoms with E-state index < -0.39 is 0 Å². The normalized spacial score (nSPS) is 10.5. The molecule has 0 fully saturated rings. The third kappa shape index (κ3) is 12.4. The molecule has 0 aliphatic carbocycles. The summed E-state index contributed by atoms with van der Waals surface area (Å²) < 4.78 is 13.6. The molecule has 2 rings (SSSR count). The van der Waals surface area contributed by atoms with Gasteiger partial charge in [0, 0.05) is 18.2 Å². The van der Waals surface area contributed by atoms with E-state index in [9.17, 15) is 4.79 Å². The molecule has 36 heavy (non-hydrogen) atoms. The molecular weight excluding hydrogens is 563 g/mol. The number of ether oxygens (including phenoxy) is 2. The second kappa shape index (κ2) is 20.3. The first kappa shape index (κ1) is 32.2. The van der Waals surface area contributed by atoms with Crippen molar-refractivity contribution in [1.29, 1.82) is 0 Å². The lowest BCUT2D eigenvalue weighted by Crippen LogP contribution is -3.00. The second-order valence-corrected chi connectivity index (χ2v) is 9.30. The van der Waals surface area contributed by atoms with Crippen molar-refractivity contribution in [1.82, 2.24) is 5.32 Å². The van der Waals surface area contributed by atoms with E-state index in [0.29, 0.717) is 30.2 Å². The minimum Gasteiger partial charge on any atom is -1.00 e. The molecule has 1 N–H and O–H groups in total. The van der Waals surface area contributed by atoms with E-state index >= 15 is 0 Å². The van der Waals surface area contributed by atoms with Crippen LogP contribution in [0.4, 0.5) is 0 Å². The highest BCUT2D eigenvalue weighted by Crippen LogP contribution is 2.31. The summed E-state index contributed by atoms with van der Waals surface area (Å²) in [5.41, 5.74) is 1.56. The Balaban J connectivity index is 0.00000648. The highest BCUT2D eigenvalue weighted by Gasteiger charge is 2.17. The fourth-order valence-electron chi connectivity index (χ4n) is 4.30. The van der Waals surface area contributed by atoms with Crippen LogP contribution in [0.2, 0.25) is 0 Å². The van der Waals surface area contributed by atoms with Crippen molar-refractivity contribution in [2.75, 3.05) is 13.7 Å². The largest absolute Gasteiger partial charge is 1.00 e. The number of hydrogen-bond donors (Lipinski definition) is 1. The number of unbranched alkanes of at least 4 members (excludes halogenated alkanes) is 11. The Morgan fingerprint density at radius 3 is 2.11 bits per heavy atom. The quantitative estimate of drug-likeness (QED) is 0.149. The van der Waals surface area contributed by atoms with Gasteiger partial charge in [0.25, 0.3) is 5.91 Å². The number of halogens is 1. The minimum absolute atomic E-state index is 0. The van der Waals surface area contributed by atoms with Gasteiger partial charge >= 0.3 is 0 Å². The Bertz CT molecular complexity index is 860. The standard InChI is InChI=1S/C30H46N2O3.HI/c1-4-6-7-8-9-10-11-12-13-14-15-16-23-35-28-21-17-20-27(29(28)34-3)30(33)31-24-26-19-18-22-32(5-2)25-26;/h17-22,25H,4-16,23-24H2,1-3H3;1H. The van der Waals surface area contributed by atoms with Crippen molar-refractivity contribution in [3.8, 4) is 11.5 Å². The number of para-hydroxylation sites is 1. The van der Waals surface area contributed by atoms with Gasteiger partial charge < -0.3 is 38.8 Å². The number of hydrogen-bond acceptors (Lipinski definition) is 3. The maximum Gasteiger partial charge on any atom is 0.255 e. The van der Waals surface area contributed by atoms with Gasteiger partial charge in [-0.05, 0) is 31.5 Å². The summed E-state index contributed by atoms with van der Waals surface area (Å²) in [6.07, 6.45) is 19.9. The number of nitrogens with one attached hydrogen (secondary N) is 1. The smallest absolute Gasteiger partial charge is 0.255 e. The molecule has 1 aromatic heterocycles. The summed E-state index contributed by atoms with van der Waals surface area (Å²) in [7, 11) is 1.59. The van der Waals surface area contributed by atoms with Crippen LogP contribution >= 0.6 is 0 Å². The summed E-state index contributed by atoms with van der Waals surface area (Å²) in [5.74, 6) is 0.969. The third-order valence-corrected chi connectivity index (χ3v) is 6.42. The van der Waals surface area contributed by atoms with Crippen LogP contribution in [0.3, 0.4) is 0 Å². The molecule has 0 unspecified atom stereocenters. The van der Waals surface area contributed by atoms with Crippen LogP contribution in [-0.2, 0) is 13.1 Å². The predicted molar refractivity (Wildman–Crippen MR) is 143 cm³/mol. The summed E-state index contributed by atoms with van der Waals surface area (Å²) in [6.45, 7) is 6.36. The van der Waals surface area contributed by atoms with Crippen LogP contribution in [0.15, 0.2) is 42.7 Å². The molecule has 6 heteroatoms. The Hall–Kier alpha value is -1.83. The number of aryl methyl sites for hydroxylation is 1. The van der Waals surface area contributed by atoms with Crippen molar-refractivity contribution < 1.29 is 42.8 Å². The zero-order valence-corrected chi connectivity index (χ0v) is 24.9. The molecule has 202 valence electrons. The van der Waals surface area contributed by atoms with Crippen LogP contribution in [-0.4, -0.2) is 19.6 Å². The molecule has 0 bridgehead atoms. The molecule has 0 spiro atoms. The Kier molecular flexibility index (Phi) is 18.1. The molecule has 0 saturated carbocycles. The van der Waals surface area contributed by atoms with Crippen molar-refractivity contribution in [2.24, 2.45) is 0 Å². The fraction of sp³-hybridized carbons (Fsp3) is 0.600. The highest BCUT2D eigenvalue weighted by molar-refractivity contribution is 5.97. The number of rotatable bonds is 19. The van der Waals surface area contributed by atoms with Gasteiger partial charge in [0.2, 0.25) is 0 Å². The maximum atomic E-state index is 12.8. The van der Waals surface area contributed by atoms with E-state index in [1.54, 1.807) is 13.2 Å². The monoisotopic (exact) mass is 610 g/mol. The van der Waals surface area contributed by atoms with Crippen molar-refractivity contribution in [3.05, 3.63) is 53.9 Å². The average Bonchev–Trinajstić information content (AvgIpc) is 2.89. The lowest BCUT2D eigenvalue weighted by Gasteiger charge is -2.14. The van der Waals surface area contributed by atoms with Crippen LogP contribution < -0.4 is 43.3 Å². The maximum absolute atomic E-state index is 12.8. The van der Waals surface area contributed by atoms with Gasteiger partial charge in [-0.15, -0.1) is 0 Å².